The van der Waals surface area contributed by atoms with Crippen LogP contribution in [-0.2, 0) is 32.8 Å². The first kappa shape index (κ1) is 26.3. The molecule has 0 saturated heterocycles. The Hall–Kier alpha value is -2.79. The molecule has 8 N–H and O–H groups in total. The summed E-state index contributed by atoms with van der Waals surface area (Å²) in [5.41, 5.74) is 10.0. The molecule has 1 aromatic rings. The number of phenolic OH excluding ortho intramolecular Hbond substituents is 1. The number of fused-ring (bicyclic) bond motifs is 3. The maximum atomic E-state index is 13.9. The molecule has 36 heavy (non-hydrogen) atoms. The number of primary amides is 1. The van der Waals surface area contributed by atoms with E-state index in [1.165, 1.54) is 0 Å². The van der Waals surface area contributed by atoms with Crippen molar-refractivity contribution in [3.63, 3.8) is 0 Å². The zero-order valence-corrected chi connectivity index (χ0v) is 21.2. The molecule has 10 heteroatoms. The third-order valence-corrected chi connectivity index (χ3v) is 8.21. The summed E-state index contributed by atoms with van der Waals surface area (Å²) in [4.78, 5) is 40.9. The Morgan fingerprint density at radius 1 is 1.22 bits per heavy atom. The summed E-state index contributed by atoms with van der Waals surface area (Å²) >= 11 is 0. The van der Waals surface area contributed by atoms with E-state index in [0.717, 1.165) is 0 Å². The summed E-state index contributed by atoms with van der Waals surface area (Å²) in [7, 11) is 3.23. The van der Waals surface area contributed by atoms with Gasteiger partial charge in [-0.25, -0.2) is 0 Å². The first-order chi connectivity index (χ1) is 16.6. The number of carbonyl (C=O) groups excluding carboxylic acids is 3. The van der Waals surface area contributed by atoms with Crippen LogP contribution in [0, 0.1) is 17.8 Å². The van der Waals surface area contributed by atoms with Crippen LogP contribution < -0.4 is 11.5 Å². The second kappa shape index (κ2) is 8.37. The zero-order chi connectivity index (χ0) is 27.1. The molecular weight excluding hydrogens is 466 g/mol. The van der Waals surface area contributed by atoms with Gasteiger partial charge in [0.25, 0.3) is 0 Å². The fourth-order valence-corrected chi connectivity index (χ4v) is 6.50. The largest absolute Gasteiger partial charge is 0.507 e. The third-order valence-electron chi connectivity index (χ3n) is 8.21. The molecule has 3 aliphatic rings. The number of aliphatic hydroxyl groups excluding tert-OH is 2. The first-order valence-corrected chi connectivity index (χ1v) is 12.1. The SMILES string of the molecule is CN(C)[C@H]1C(O)C(C(N)=O)C(=O)[C@]2(O)C(=O)C3=C(O)c4c(O)c(C(C)(C)C)cc(CN)c4C[C@@H]3C[C@H]12. The Bertz CT molecular complexity index is 1200. The molecule has 2 unspecified atom stereocenters. The van der Waals surface area contributed by atoms with Crippen LogP contribution in [0.4, 0.5) is 0 Å². The lowest BCUT2D eigenvalue weighted by molar-refractivity contribution is -0.184. The molecule has 1 amide bonds. The third kappa shape index (κ3) is 3.42. The van der Waals surface area contributed by atoms with Gasteiger partial charge >= 0.3 is 0 Å². The second-order valence-electron chi connectivity index (χ2n) is 11.5. The molecule has 6 atom stereocenters. The molecule has 2 fully saturated rings. The molecule has 1 aromatic carbocycles. The van der Waals surface area contributed by atoms with E-state index in [-0.39, 0.29) is 36.3 Å². The number of ketones is 2. The first-order valence-electron chi connectivity index (χ1n) is 12.1. The molecule has 0 radical (unpaired) electrons. The molecule has 2 saturated carbocycles. The number of likely N-dealkylation sites (N-methyl/N-ethyl adjacent to an activating group) is 1. The molecule has 4 rings (SSSR count). The van der Waals surface area contributed by atoms with Crippen LogP contribution in [0.15, 0.2) is 11.6 Å². The van der Waals surface area contributed by atoms with Gasteiger partial charge in [-0.2, -0.15) is 0 Å². The minimum absolute atomic E-state index is 0.0726. The van der Waals surface area contributed by atoms with Crippen molar-refractivity contribution in [1.82, 2.24) is 4.90 Å². The Kier molecular flexibility index (Phi) is 6.11. The standard InChI is InChI=1S/C26H35N3O7/c1-25(2,3)14-8-11(9-27)12-6-10-7-13-18(29(4)5)21(32)17(24(28)35)23(34)26(13,36)22(33)15(10)20(31)16(12)19(14)30/h8,10,13,17-18,21,30-32,36H,6-7,9,27H2,1-5H3,(H2,28,35)/t10-,13-,17?,18-,21?,26-/m1/s1. The fraction of sp³-hybridized carbons (Fsp3) is 0.577. The molecule has 10 nitrogen and oxygen atoms in total. The van der Waals surface area contributed by atoms with Gasteiger partial charge in [0, 0.05) is 29.6 Å². The number of Topliss-reactive ketones (excluding diaryl/α,β-unsaturated/α-hetero) is 2. The van der Waals surface area contributed by atoms with Crippen LogP contribution in [0.2, 0.25) is 0 Å². The summed E-state index contributed by atoms with van der Waals surface area (Å²) in [5, 5.41) is 45.2. The van der Waals surface area contributed by atoms with Crippen LogP contribution in [0.25, 0.3) is 5.76 Å². The van der Waals surface area contributed by atoms with Gasteiger partial charge in [0.15, 0.2) is 11.4 Å². The molecule has 0 bridgehead atoms. The Labute approximate surface area is 209 Å². The van der Waals surface area contributed by atoms with Gasteiger partial charge in [-0.15, -0.1) is 0 Å². The van der Waals surface area contributed by atoms with Crippen LogP contribution in [-0.4, -0.2) is 74.6 Å². The Morgan fingerprint density at radius 2 is 1.83 bits per heavy atom. The highest BCUT2D eigenvalue weighted by Crippen LogP contribution is 2.53. The number of phenols is 1. The van der Waals surface area contributed by atoms with E-state index in [2.05, 4.69) is 0 Å². The van der Waals surface area contributed by atoms with Crippen molar-refractivity contribution >= 4 is 23.2 Å². The van der Waals surface area contributed by atoms with Gasteiger partial charge in [-0.1, -0.05) is 20.8 Å². The molecule has 0 aliphatic heterocycles. The van der Waals surface area contributed by atoms with Crippen molar-refractivity contribution in [2.24, 2.45) is 29.2 Å². The monoisotopic (exact) mass is 501 g/mol. The highest BCUT2D eigenvalue weighted by Gasteiger charge is 2.67. The maximum absolute atomic E-state index is 13.9. The lowest BCUT2D eigenvalue weighted by Crippen LogP contribution is -2.73. The number of carbonyl (C=O) groups is 3. The fourth-order valence-electron chi connectivity index (χ4n) is 6.50. The highest BCUT2D eigenvalue weighted by molar-refractivity contribution is 6.25. The number of amides is 1. The predicted molar refractivity (Wildman–Crippen MR) is 131 cm³/mol. The number of hydrogen-bond acceptors (Lipinski definition) is 9. The zero-order valence-electron chi connectivity index (χ0n) is 21.2. The molecule has 0 heterocycles. The number of aromatic hydroxyl groups is 1. The van der Waals surface area contributed by atoms with Gasteiger partial charge in [0.2, 0.25) is 11.7 Å². The molecular formula is C26H35N3O7. The summed E-state index contributed by atoms with van der Waals surface area (Å²) in [6, 6.07) is 0.881. The normalized spacial score (nSPS) is 32.3. The number of benzene rings is 1. The van der Waals surface area contributed by atoms with Crippen LogP contribution in [0.5, 0.6) is 5.75 Å². The number of nitrogens with two attached hydrogens (primary N) is 2. The molecule has 0 spiro atoms. The Balaban J connectivity index is 1.97. The Morgan fingerprint density at radius 3 is 2.33 bits per heavy atom. The van der Waals surface area contributed by atoms with Gasteiger partial charge < -0.3 is 36.8 Å². The molecule has 196 valence electrons. The van der Waals surface area contributed by atoms with Crippen molar-refractivity contribution in [2.75, 3.05) is 14.1 Å². The van der Waals surface area contributed by atoms with Gasteiger partial charge in [-0.05, 0) is 55.5 Å². The minimum Gasteiger partial charge on any atom is -0.507 e. The van der Waals surface area contributed by atoms with Crippen molar-refractivity contribution < 1.29 is 34.8 Å². The smallest absolute Gasteiger partial charge is 0.230 e. The van der Waals surface area contributed by atoms with Gasteiger partial charge in [0.1, 0.15) is 17.4 Å². The lowest BCUT2D eigenvalue weighted by atomic mass is 9.54. The topological polar surface area (TPSA) is 187 Å². The van der Waals surface area contributed by atoms with Gasteiger partial charge in [0.05, 0.1) is 11.7 Å². The summed E-state index contributed by atoms with van der Waals surface area (Å²) < 4.78 is 0. The van der Waals surface area contributed by atoms with Crippen molar-refractivity contribution in [3.8, 4) is 5.75 Å². The van der Waals surface area contributed by atoms with E-state index in [4.69, 9.17) is 11.5 Å². The van der Waals surface area contributed by atoms with Gasteiger partial charge in [-0.3, -0.25) is 14.4 Å². The summed E-state index contributed by atoms with van der Waals surface area (Å²) in [5.74, 6) is -7.49. The number of rotatable bonds is 3. The highest BCUT2D eigenvalue weighted by atomic mass is 16.3. The van der Waals surface area contributed by atoms with E-state index in [9.17, 15) is 34.8 Å². The summed E-state index contributed by atoms with van der Waals surface area (Å²) in [6.45, 7) is 5.81. The van der Waals surface area contributed by atoms with E-state index >= 15 is 0 Å². The van der Waals surface area contributed by atoms with E-state index in [1.54, 1.807) is 25.1 Å². The lowest BCUT2D eigenvalue weighted by Gasteiger charge is -2.53. The van der Waals surface area contributed by atoms with Crippen LogP contribution in [0.1, 0.15) is 49.4 Å². The molecule has 3 aliphatic carbocycles. The number of aliphatic hydroxyl groups is 3. The average molecular weight is 502 g/mol. The average Bonchev–Trinajstić information content (AvgIpc) is 2.75. The second-order valence-corrected chi connectivity index (χ2v) is 11.5. The van der Waals surface area contributed by atoms with Crippen molar-refractivity contribution in [2.45, 2.75) is 63.3 Å². The quantitative estimate of drug-likeness (QED) is 0.307. The summed E-state index contributed by atoms with van der Waals surface area (Å²) in [6.07, 6.45) is -1.21. The van der Waals surface area contributed by atoms with Crippen molar-refractivity contribution in [3.05, 3.63) is 33.9 Å². The van der Waals surface area contributed by atoms with Crippen molar-refractivity contribution in [1.29, 1.82) is 0 Å². The minimum atomic E-state index is -2.67. The molecule has 0 aromatic heterocycles. The number of hydrogen-bond donors (Lipinski definition) is 6. The van der Waals surface area contributed by atoms with Crippen LogP contribution in [0.3, 0.4) is 0 Å². The van der Waals surface area contributed by atoms with E-state index in [1.807, 2.05) is 20.8 Å². The van der Waals surface area contributed by atoms with Crippen LogP contribution >= 0.6 is 0 Å². The maximum Gasteiger partial charge on any atom is 0.230 e. The number of nitrogens with zero attached hydrogens (tertiary/aromatic N) is 1. The predicted octanol–water partition coefficient (Wildman–Crippen LogP) is -0.115. The van der Waals surface area contributed by atoms with E-state index < -0.39 is 64.1 Å². The van der Waals surface area contributed by atoms with E-state index in [0.29, 0.717) is 16.7 Å².